The van der Waals surface area contributed by atoms with Crippen molar-refractivity contribution in [1.29, 1.82) is 0 Å². The fourth-order valence-electron chi connectivity index (χ4n) is 7.91. The van der Waals surface area contributed by atoms with Crippen LogP contribution in [-0.2, 0) is 67.1 Å². The Labute approximate surface area is 482 Å². The number of likely N-dealkylation sites (N-methyl/N-ethyl adjacent to an activating group) is 13. The number of carboxylic acid groups (broad SMARTS) is 1. The fraction of sp³-hybridized carbons (Fsp3) is 0.519. The van der Waals surface area contributed by atoms with Gasteiger partial charge in [0.2, 0.25) is 70.9 Å². The maximum atomic E-state index is 13.1. The molecule has 0 unspecified atom stereocenters. The quantitative estimate of drug-likeness (QED) is 0.0863. The van der Waals surface area contributed by atoms with E-state index in [1.54, 1.807) is 0 Å². The van der Waals surface area contributed by atoms with Crippen molar-refractivity contribution < 1.29 is 77.0 Å². The summed E-state index contributed by atoms with van der Waals surface area (Å²) in [6.45, 7) is -6.09. The van der Waals surface area contributed by atoms with E-state index in [2.05, 4.69) is 0 Å². The van der Waals surface area contributed by atoms with Crippen molar-refractivity contribution in [3.63, 3.8) is 0 Å². The molecule has 29 nitrogen and oxygen atoms in total. The van der Waals surface area contributed by atoms with Crippen LogP contribution in [0, 0.1) is 0 Å². The highest BCUT2D eigenvalue weighted by atomic mass is 16.6. The van der Waals surface area contributed by atoms with Crippen LogP contribution in [0.15, 0.2) is 48.5 Å². The second kappa shape index (κ2) is 31.1. The molecule has 0 fully saturated rings. The molecule has 0 bridgehead atoms. The Morgan fingerprint density at radius 3 is 0.687 bits per heavy atom. The highest BCUT2D eigenvalue weighted by Gasteiger charge is 2.31. The molecule has 0 spiro atoms. The third-order valence-electron chi connectivity index (χ3n) is 13.6. The molecular formula is C54H77N13O16. The van der Waals surface area contributed by atoms with Gasteiger partial charge >= 0.3 is 12.1 Å². The number of hydrogen-bond donors (Lipinski definition) is 1. The van der Waals surface area contributed by atoms with Gasteiger partial charge in [0, 0.05) is 97.5 Å². The summed E-state index contributed by atoms with van der Waals surface area (Å²) >= 11 is 0. The highest BCUT2D eigenvalue weighted by molar-refractivity contribution is 5.95. The summed E-state index contributed by atoms with van der Waals surface area (Å²) in [6.07, 6.45) is -0.725. The molecule has 454 valence electrons. The van der Waals surface area contributed by atoms with Crippen molar-refractivity contribution in [2.24, 2.45) is 0 Å². The van der Waals surface area contributed by atoms with Gasteiger partial charge in [-0.15, -0.1) is 0 Å². The van der Waals surface area contributed by atoms with Crippen molar-refractivity contribution in [2.45, 2.75) is 5.92 Å². The van der Waals surface area contributed by atoms with Crippen LogP contribution in [-0.4, -0.2) is 335 Å². The number of carbonyl (C=O) groups is 14. The second-order valence-electron chi connectivity index (χ2n) is 20.6. The highest BCUT2D eigenvalue weighted by Crippen LogP contribution is 2.44. The summed E-state index contributed by atoms with van der Waals surface area (Å²) in [4.78, 5) is 192. The van der Waals surface area contributed by atoms with E-state index in [1.807, 2.05) is 48.5 Å². The molecule has 29 heteroatoms. The van der Waals surface area contributed by atoms with Gasteiger partial charge in [0.1, 0.15) is 19.7 Å². The molecule has 1 aliphatic rings. The molecule has 83 heavy (non-hydrogen) atoms. The smallest absolute Gasteiger partial charge is 0.409 e. The van der Waals surface area contributed by atoms with Crippen molar-refractivity contribution in [1.82, 2.24) is 63.7 Å². The first-order valence-electron chi connectivity index (χ1n) is 25.9. The Bertz CT molecular complexity index is 2750. The number of rotatable bonds is 28. The summed E-state index contributed by atoms with van der Waals surface area (Å²) in [5.74, 6) is -9.08. The van der Waals surface area contributed by atoms with Crippen molar-refractivity contribution >= 4 is 82.9 Å². The first-order valence-corrected chi connectivity index (χ1v) is 25.9. The van der Waals surface area contributed by atoms with Crippen LogP contribution in [0.5, 0.6) is 0 Å². The average molecular weight is 1160 g/mol. The van der Waals surface area contributed by atoms with E-state index in [-0.39, 0.29) is 19.1 Å². The predicted octanol–water partition coefficient (Wildman–Crippen LogP) is -3.55. The van der Waals surface area contributed by atoms with Crippen LogP contribution in [0.2, 0.25) is 0 Å². The molecule has 2 aromatic rings. The molecule has 0 aliphatic heterocycles. The summed E-state index contributed by atoms with van der Waals surface area (Å²) in [6, 6.07) is 15.7. The minimum atomic E-state index is -1.23. The zero-order valence-electron chi connectivity index (χ0n) is 49.5. The molecule has 2 aromatic carbocycles. The number of fused-ring (bicyclic) bond motifs is 3. The molecular weight excluding hydrogens is 1090 g/mol. The molecule has 1 N–H and O–H groups in total. The molecule has 0 heterocycles. The minimum Gasteiger partial charge on any atom is -0.480 e. The van der Waals surface area contributed by atoms with Crippen LogP contribution in [0.1, 0.15) is 17.0 Å². The van der Waals surface area contributed by atoms with Gasteiger partial charge in [-0.1, -0.05) is 48.5 Å². The van der Waals surface area contributed by atoms with Gasteiger partial charge in [-0.3, -0.25) is 62.3 Å². The number of amides is 13. The maximum absolute atomic E-state index is 13.1. The number of benzene rings is 2. The molecule has 1 aliphatic carbocycles. The van der Waals surface area contributed by atoms with E-state index < -0.39 is 161 Å². The largest absolute Gasteiger partial charge is 0.480 e. The summed E-state index contributed by atoms with van der Waals surface area (Å²) < 4.78 is 5.62. The van der Waals surface area contributed by atoms with Crippen LogP contribution < -0.4 is 0 Å². The fourth-order valence-corrected chi connectivity index (χ4v) is 7.91. The van der Waals surface area contributed by atoms with Crippen LogP contribution in [0.4, 0.5) is 4.79 Å². The van der Waals surface area contributed by atoms with E-state index in [0.717, 1.165) is 86.0 Å². The van der Waals surface area contributed by atoms with E-state index in [9.17, 15) is 67.1 Å². The van der Waals surface area contributed by atoms with Gasteiger partial charge in [0.05, 0.1) is 72.0 Å². The molecule has 0 aromatic heterocycles. The maximum Gasteiger partial charge on any atom is 0.409 e. The molecule has 0 saturated heterocycles. The normalized spacial score (nSPS) is 11.1. The monoisotopic (exact) mass is 1160 g/mol. The lowest BCUT2D eigenvalue weighted by atomic mass is 9.98. The lowest BCUT2D eigenvalue weighted by Crippen LogP contribution is -2.49. The van der Waals surface area contributed by atoms with Crippen LogP contribution >= 0.6 is 0 Å². The predicted molar refractivity (Wildman–Crippen MR) is 297 cm³/mol. The van der Waals surface area contributed by atoms with Gasteiger partial charge in [-0.25, -0.2) is 4.79 Å². The van der Waals surface area contributed by atoms with Gasteiger partial charge < -0.3 is 73.5 Å². The number of carbonyl (C=O) groups excluding carboxylic acids is 13. The Kier molecular flexibility index (Phi) is 25.6. The third-order valence-corrected chi connectivity index (χ3v) is 13.6. The van der Waals surface area contributed by atoms with Crippen LogP contribution in [0.25, 0.3) is 11.1 Å². The zero-order valence-corrected chi connectivity index (χ0v) is 49.5. The van der Waals surface area contributed by atoms with Crippen molar-refractivity contribution in [3.8, 4) is 11.1 Å². The van der Waals surface area contributed by atoms with Gasteiger partial charge in [-0.2, -0.15) is 0 Å². The molecule has 3 rings (SSSR count). The summed E-state index contributed by atoms with van der Waals surface area (Å²) in [5.41, 5.74) is 4.19. The van der Waals surface area contributed by atoms with Crippen LogP contribution in [0.3, 0.4) is 0 Å². The summed E-state index contributed by atoms with van der Waals surface area (Å²) in [5, 5.41) is 8.87. The second-order valence-corrected chi connectivity index (χ2v) is 20.6. The van der Waals surface area contributed by atoms with E-state index in [4.69, 9.17) is 9.84 Å². The van der Waals surface area contributed by atoms with Gasteiger partial charge in [-0.05, 0) is 22.3 Å². The number of carboxylic acids is 1. The standard InChI is InChI=1S/C54H77N13O16/c1-55(22-41(68)56(2)24-43(70)58(4)26-45(72)60(6)28-47(74)62(8)30-49(76)64(10)32-51(78)66(12)34-53(80)81)42(69)23-57(3)44(71)25-59(5)46(73)27-61(7)48(75)29-63(9)50(77)31-65(11)52(79)33-67(13)54(82)83-35-40-38-20-16-14-18-36(38)37-19-15-17-21-39(37)40/h14-21,40H,22-35H2,1-13H3,(H,80,81). The first kappa shape index (κ1) is 68.1. The van der Waals surface area contributed by atoms with Crippen molar-refractivity contribution in [3.05, 3.63) is 59.7 Å². The Balaban J connectivity index is 1.35. The zero-order chi connectivity index (χ0) is 62.7. The molecule has 13 amide bonds. The first-order chi connectivity index (χ1) is 38.7. The van der Waals surface area contributed by atoms with E-state index in [1.165, 1.54) is 91.6 Å². The minimum absolute atomic E-state index is 0.0554. The van der Waals surface area contributed by atoms with Gasteiger partial charge in [0.15, 0.2) is 0 Å². The Morgan fingerprint density at radius 1 is 0.301 bits per heavy atom. The van der Waals surface area contributed by atoms with E-state index in [0.29, 0.717) is 0 Å². The Hall–Kier alpha value is -9.18. The van der Waals surface area contributed by atoms with Crippen molar-refractivity contribution in [2.75, 3.05) is 183 Å². The Morgan fingerprint density at radius 2 is 0.482 bits per heavy atom. The topological polar surface area (TPSA) is 311 Å². The number of ether oxygens (including phenoxy) is 1. The van der Waals surface area contributed by atoms with Gasteiger partial charge in [0.25, 0.3) is 0 Å². The SMILES string of the molecule is CN(CC(=O)O)C(=O)CN(C)C(=O)CN(C)C(=O)CN(C)C(=O)CN(C)C(=O)CN(C)C(=O)CN(C)C(=O)CN(C)C(=O)CN(C)C(=O)CN(C)C(=O)CN(C)C(=O)CN(C)C(=O)CN(C)C(=O)OCC1c2ccccc2-c2ccccc21. The molecule has 0 atom stereocenters. The number of hydrogen-bond acceptors (Lipinski definition) is 15. The lowest BCUT2D eigenvalue weighted by Gasteiger charge is -2.27. The third kappa shape index (κ3) is 20.4. The molecule has 0 saturated carbocycles. The molecule has 0 radical (unpaired) electrons. The van der Waals surface area contributed by atoms with E-state index >= 15 is 0 Å². The number of nitrogens with zero attached hydrogens (tertiary/aromatic N) is 13. The lowest BCUT2D eigenvalue weighted by molar-refractivity contribution is -0.147. The summed E-state index contributed by atoms with van der Waals surface area (Å²) in [7, 11) is 17.1. The average Bonchev–Trinajstić information content (AvgIpc) is 3.10. The number of aliphatic carboxylic acids is 1.